The number of hydrogen-bond donors (Lipinski definition) is 2. The summed E-state index contributed by atoms with van der Waals surface area (Å²) in [5, 5.41) is 10.7. The van der Waals surface area contributed by atoms with Crippen molar-refractivity contribution in [2.24, 2.45) is 0 Å². The van der Waals surface area contributed by atoms with Gasteiger partial charge in [-0.15, -0.1) is 12.4 Å². The van der Waals surface area contributed by atoms with Crippen LogP contribution in [0, 0.1) is 6.92 Å². The van der Waals surface area contributed by atoms with Gasteiger partial charge in [-0.25, -0.2) is 0 Å². The summed E-state index contributed by atoms with van der Waals surface area (Å²) in [5.74, 6) is 1.25. The van der Waals surface area contributed by atoms with Crippen molar-refractivity contribution in [2.45, 2.75) is 31.8 Å². The Kier molecular flexibility index (Phi) is 7.04. The number of piperidine rings is 1. The number of amides is 1. The molecular weight excluding hydrogens is 344 g/mol. The first-order chi connectivity index (χ1) is 11.7. The Morgan fingerprint density at radius 2 is 2.36 bits per heavy atom. The molecule has 0 aliphatic carbocycles. The number of rotatable bonds is 6. The minimum Gasteiger partial charge on any atom is -0.464 e. The number of nitrogens with zero attached hydrogens (tertiary/aromatic N) is 2. The van der Waals surface area contributed by atoms with Crippen molar-refractivity contribution in [3.63, 3.8) is 0 Å². The van der Waals surface area contributed by atoms with E-state index in [1.165, 1.54) is 0 Å². The van der Waals surface area contributed by atoms with E-state index >= 15 is 0 Å². The van der Waals surface area contributed by atoms with Gasteiger partial charge in [-0.2, -0.15) is 5.10 Å². The van der Waals surface area contributed by atoms with Gasteiger partial charge in [0.05, 0.1) is 12.6 Å². The standard InChI is InChI=1S/C17H24N4O3.ClH/c1-12-5-6-16(24-12)15(11-23-2)19-17(22)14-7-9-21(20-14)13-4-3-8-18-10-13;/h5-7,9,13,15,18H,3-4,8,10-11H2,1-2H3,(H,19,22);1H. The van der Waals surface area contributed by atoms with Gasteiger partial charge < -0.3 is 19.8 Å². The van der Waals surface area contributed by atoms with E-state index in [-0.39, 0.29) is 24.4 Å². The first-order valence-corrected chi connectivity index (χ1v) is 8.29. The Morgan fingerprint density at radius 1 is 1.52 bits per heavy atom. The van der Waals surface area contributed by atoms with Crippen LogP contribution in [0.25, 0.3) is 0 Å². The summed E-state index contributed by atoms with van der Waals surface area (Å²) in [6, 6.07) is 5.45. The number of hydrogen-bond acceptors (Lipinski definition) is 5. The number of furan rings is 1. The van der Waals surface area contributed by atoms with Crippen LogP contribution in [0.3, 0.4) is 0 Å². The van der Waals surface area contributed by atoms with E-state index in [1.54, 1.807) is 13.2 Å². The summed E-state index contributed by atoms with van der Waals surface area (Å²) in [7, 11) is 1.60. The van der Waals surface area contributed by atoms with Crippen LogP contribution in [0.1, 0.15) is 46.9 Å². The number of aryl methyl sites for hydroxylation is 1. The zero-order chi connectivity index (χ0) is 16.9. The number of carbonyl (C=O) groups excluding carboxylic acids is 1. The van der Waals surface area contributed by atoms with Gasteiger partial charge >= 0.3 is 0 Å². The zero-order valence-corrected chi connectivity index (χ0v) is 15.3. The van der Waals surface area contributed by atoms with E-state index in [4.69, 9.17) is 9.15 Å². The largest absolute Gasteiger partial charge is 0.464 e. The van der Waals surface area contributed by atoms with Gasteiger partial charge in [0.2, 0.25) is 0 Å². The number of carbonyl (C=O) groups is 1. The fraction of sp³-hybridized carbons (Fsp3) is 0.529. The van der Waals surface area contributed by atoms with Crippen molar-refractivity contribution >= 4 is 18.3 Å². The molecule has 3 heterocycles. The molecule has 1 aliphatic heterocycles. The predicted octanol–water partition coefficient (Wildman–Crippen LogP) is 2.25. The van der Waals surface area contributed by atoms with Crippen LogP contribution in [0.5, 0.6) is 0 Å². The van der Waals surface area contributed by atoms with E-state index in [2.05, 4.69) is 15.7 Å². The molecule has 0 bridgehead atoms. The fourth-order valence-electron chi connectivity index (χ4n) is 2.96. The Hall–Kier alpha value is -1.83. The van der Waals surface area contributed by atoms with Crippen molar-refractivity contribution in [3.8, 4) is 0 Å². The van der Waals surface area contributed by atoms with Crippen LogP contribution in [-0.2, 0) is 4.74 Å². The maximum absolute atomic E-state index is 12.5. The van der Waals surface area contributed by atoms with Crippen molar-refractivity contribution in [3.05, 3.63) is 41.6 Å². The van der Waals surface area contributed by atoms with Gasteiger partial charge in [0.1, 0.15) is 23.3 Å². The Bertz CT molecular complexity index is 679. The third-order valence-corrected chi connectivity index (χ3v) is 4.23. The second-order valence-electron chi connectivity index (χ2n) is 6.11. The number of nitrogens with one attached hydrogen (secondary N) is 2. The minimum absolute atomic E-state index is 0. The molecule has 2 N–H and O–H groups in total. The van der Waals surface area contributed by atoms with Crippen LogP contribution in [-0.4, -0.2) is 42.5 Å². The molecule has 0 radical (unpaired) electrons. The quantitative estimate of drug-likeness (QED) is 0.817. The van der Waals surface area contributed by atoms with Gasteiger partial charge in [0.25, 0.3) is 5.91 Å². The van der Waals surface area contributed by atoms with Crippen molar-refractivity contribution < 1.29 is 13.9 Å². The van der Waals surface area contributed by atoms with Crippen LogP contribution >= 0.6 is 12.4 Å². The summed E-state index contributed by atoms with van der Waals surface area (Å²) in [6.07, 6.45) is 4.07. The maximum Gasteiger partial charge on any atom is 0.272 e. The highest BCUT2D eigenvalue weighted by molar-refractivity contribution is 5.92. The molecule has 1 saturated heterocycles. The van der Waals surface area contributed by atoms with Crippen molar-refractivity contribution in [2.75, 3.05) is 26.8 Å². The van der Waals surface area contributed by atoms with Gasteiger partial charge in [0, 0.05) is 19.9 Å². The summed E-state index contributed by atoms with van der Waals surface area (Å²) < 4.78 is 12.7. The minimum atomic E-state index is -0.335. The Morgan fingerprint density at radius 3 is 3.00 bits per heavy atom. The van der Waals surface area contributed by atoms with Crippen LogP contribution in [0.4, 0.5) is 0 Å². The van der Waals surface area contributed by atoms with E-state index in [9.17, 15) is 4.79 Å². The molecule has 0 aromatic carbocycles. The molecular formula is C17H25ClN4O3. The van der Waals surface area contributed by atoms with E-state index in [0.29, 0.717) is 24.1 Å². The molecule has 2 unspecified atom stereocenters. The average molecular weight is 369 g/mol. The first-order valence-electron chi connectivity index (χ1n) is 8.29. The molecule has 2 atom stereocenters. The molecule has 1 aliphatic rings. The molecule has 138 valence electrons. The monoisotopic (exact) mass is 368 g/mol. The summed E-state index contributed by atoms with van der Waals surface area (Å²) >= 11 is 0. The third-order valence-electron chi connectivity index (χ3n) is 4.23. The van der Waals surface area contributed by atoms with Crippen molar-refractivity contribution in [1.29, 1.82) is 0 Å². The molecule has 2 aromatic heterocycles. The second-order valence-corrected chi connectivity index (χ2v) is 6.11. The van der Waals surface area contributed by atoms with E-state index in [1.807, 2.05) is 29.9 Å². The maximum atomic E-state index is 12.5. The molecule has 0 spiro atoms. The van der Waals surface area contributed by atoms with E-state index < -0.39 is 0 Å². The van der Waals surface area contributed by atoms with Crippen LogP contribution in [0.15, 0.2) is 28.8 Å². The third kappa shape index (κ3) is 4.84. The molecule has 25 heavy (non-hydrogen) atoms. The lowest BCUT2D eigenvalue weighted by Crippen LogP contribution is -2.33. The molecule has 8 heteroatoms. The lowest BCUT2D eigenvalue weighted by Gasteiger charge is -2.22. The van der Waals surface area contributed by atoms with Crippen LogP contribution < -0.4 is 10.6 Å². The summed E-state index contributed by atoms with van der Waals surface area (Å²) in [6.45, 7) is 4.15. The van der Waals surface area contributed by atoms with Gasteiger partial charge in [-0.1, -0.05) is 0 Å². The number of halogens is 1. The average Bonchev–Trinajstić information content (AvgIpc) is 3.24. The molecule has 7 nitrogen and oxygen atoms in total. The Labute approximate surface area is 153 Å². The highest BCUT2D eigenvalue weighted by Gasteiger charge is 2.22. The molecule has 0 saturated carbocycles. The summed E-state index contributed by atoms with van der Waals surface area (Å²) in [5.41, 5.74) is 0.407. The normalized spacial score (nSPS) is 18.4. The summed E-state index contributed by atoms with van der Waals surface area (Å²) in [4.78, 5) is 12.5. The smallest absolute Gasteiger partial charge is 0.272 e. The first kappa shape index (κ1) is 19.5. The Balaban J connectivity index is 0.00000225. The van der Waals surface area contributed by atoms with Crippen molar-refractivity contribution in [1.82, 2.24) is 20.4 Å². The van der Waals surface area contributed by atoms with E-state index in [0.717, 1.165) is 31.7 Å². The van der Waals surface area contributed by atoms with Gasteiger partial charge in [-0.05, 0) is 44.5 Å². The number of aromatic nitrogens is 2. The molecule has 1 fully saturated rings. The van der Waals surface area contributed by atoms with Gasteiger partial charge in [-0.3, -0.25) is 9.48 Å². The highest BCUT2D eigenvalue weighted by atomic mass is 35.5. The van der Waals surface area contributed by atoms with Crippen LogP contribution in [0.2, 0.25) is 0 Å². The second kappa shape index (κ2) is 9.03. The fourth-order valence-corrected chi connectivity index (χ4v) is 2.96. The predicted molar refractivity (Wildman–Crippen MR) is 96.1 cm³/mol. The topological polar surface area (TPSA) is 81.3 Å². The highest BCUT2D eigenvalue weighted by Crippen LogP contribution is 2.18. The lowest BCUT2D eigenvalue weighted by molar-refractivity contribution is 0.0876. The molecule has 1 amide bonds. The zero-order valence-electron chi connectivity index (χ0n) is 14.5. The number of ether oxygens (including phenoxy) is 1. The number of methoxy groups -OCH3 is 1. The van der Waals surface area contributed by atoms with Gasteiger partial charge in [0.15, 0.2) is 0 Å². The SMILES string of the molecule is COCC(NC(=O)c1ccn(C2CCCNC2)n1)c1ccc(C)o1.Cl. The molecule has 2 aromatic rings. The molecule has 3 rings (SSSR count). The lowest BCUT2D eigenvalue weighted by atomic mass is 10.1.